The molecule has 6 nitrogen and oxygen atoms in total. The van der Waals surface area contributed by atoms with Crippen LogP contribution in [0.4, 0.5) is 0 Å². The van der Waals surface area contributed by atoms with E-state index in [0.29, 0.717) is 18.5 Å². The van der Waals surface area contributed by atoms with Gasteiger partial charge in [-0.2, -0.15) is 0 Å². The fraction of sp³-hybridized carbons (Fsp3) is 0.524. The van der Waals surface area contributed by atoms with Gasteiger partial charge in [-0.1, -0.05) is 24.6 Å². The van der Waals surface area contributed by atoms with Gasteiger partial charge in [0.2, 0.25) is 0 Å². The average molecular weight is 370 g/mol. The molecule has 0 amide bonds. The van der Waals surface area contributed by atoms with Crippen LogP contribution in [-0.2, 0) is 0 Å². The normalized spacial score (nSPS) is 21.8. The highest BCUT2D eigenvalue weighted by atomic mass is 16.5. The van der Waals surface area contributed by atoms with Gasteiger partial charge in [0, 0.05) is 32.5 Å². The first-order chi connectivity index (χ1) is 13.1. The van der Waals surface area contributed by atoms with Gasteiger partial charge in [0.15, 0.2) is 5.96 Å². The standard InChI is InChI=1S/C21H31N5O/c1-16-5-7-19(8-6-16)27-18(3)13-24-21(22-4)25-11-9-17(2)20(14-25)26-12-10-23-15-26/h5-8,10,12,15,17-18,20H,9,11,13-14H2,1-4H3,(H,22,24). The van der Waals surface area contributed by atoms with Crippen molar-refractivity contribution in [2.24, 2.45) is 10.9 Å². The quantitative estimate of drug-likeness (QED) is 0.650. The lowest BCUT2D eigenvalue weighted by Gasteiger charge is -2.39. The van der Waals surface area contributed by atoms with Crippen molar-refractivity contribution in [3.63, 3.8) is 0 Å². The van der Waals surface area contributed by atoms with E-state index in [1.54, 1.807) is 0 Å². The summed E-state index contributed by atoms with van der Waals surface area (Å²) in [5.74, 6) is 2.46. The van der Waals surface area contributed by atoms with Gasteiger partial charge < -0.3 is 19.5 Å². The van der Waals surface area contributed by atoms with Gasteiger partial charge in [-0.3, -0.25) is 4.99 Å². The Kier molecular flexibility index (Phi) is 6.37. The van der Waals surface area contributed by atoms with E-state index >= 15 is 0 Å². The molecule has 0 radical (unpaired) electrons. The Morgan fingerprint density at radius 1 is 1.37 bits per heavy atom. The molecule has 1 aromatic heterocycles. The third kappa shape index (κ3) is 5.02. The van der Waals surface area contributed by atoms with Gasteiger partial charge in [0.05, 0.1) is 18.9 Å². The molecule has 3 unspecified atom stereocenters. The maximum Gasteiger partial charge on any atom is 0.193 e. The molecule has 1 aliphatic heterocycles. The van der Waals surface area contributed by atoms with Crippen molar-refractivity contribution in [2.75, 3.05) is 26.7 Å². The molecule has 1 fully saturated rings. The van der Waals surface area contributed by atoms with E-state index in [9.17, 15) is 0 Å². The Morgan fingerprint density at radius 3 is 2.81 bits per heavy atom. The Morgan fingerprint density at radius 2 is 2.15 bits per heavy atom. The fourth-order valence-corrected chi connectivity index (χ4v) is 3.55. The smallest absolute Gasteiger partial charge is 0.193 e. The number of likely N-dealkylation sites (tertiary alicyclic amines) is 1. The molecule has 27 heavy (non-hydrogen) atoms. The molecule has 0 saturated carbocycles. The number of rotatable bonds is 5. The molecule has 3 rings (SSSR count). The molecule has 2 heterocycles. The summed E-state index contributed by atoms with van der Waals surface area (Å²) in [6, 6.07) is 8.59. The molecule has 1 N–H and O–H groups in total. The second-order valence-electron chi connectivity index (χ2n) is 7.46. The number of hydrogen-bond acceptors (Lipinski definition) is 3. The number of ether oxygens (including phenoxy) is 1. The predicted octanol–water partition coefficient (Wildman–Crippen LogP) is 3.12. The molecule has 3 atom stereocenters. The van der Waals surface area contributed by atoms with Crippen molar-refractivity contribution in [3.05, 3.63) is 48.5 Å². The summed E-state index contributed by atoms with van der Waals surface area (Å²) in [6.45, 7) is 9.13. The van der Waals surface area contributed by atoms with E-state index in [2.05, 4.69) is 63.9 Å². The lowest BCUT2D eigenvalue weighted by molar-refractivity contribution is 0.184. The Labute approximate surface area is 162 Å². The molecule has 1 aromatic carbocycles. The molecule has 6 heteroatoms. The van der Waals surface area contributed by atoms with Crippen LogP contribution in [0.5, 0.6) is 5.75 Å². The third-order valence-corrected chi connectivity index (χ3v) is 5.24. The number of aromatic nitrogens is 2. The summed E-state index contributed by atoms with van der Waals surface area (Å²) in [5, 5.41) is 3.48. The highest BCUT2D eigenvalue weighted by molar-refractivity contribution is 5.80. The van der Waals surface area contributed by atoms with E-state index in [-0.39, 0.29) is 6.10 Å². The Hall–Kier alpha value is -2.50. The van der Waals surface area contributed by atoms with E-state index in [1.807, 2.05) is 31.7 Å². The van der Waals surface area contributed by atoms with Gasteiger partial charge in [-0.15, -0.1) is 0 Å². The van der Waals surface area contributed by atoms with Crippen LogP contribution < -0.4 is 10.1 Å². The summed E-state index contributed by atoms with van der Waals surface area (Å²) in [4.78, 5) is 11.0. The minimum absolute atomic E-state index is 0.0533. The van der Waals surface area contributed by atoms with Crippen molar-refractivity contribution in [2.45, 2.75) is 39.3 Å². The number of piperidine rings is 1. The zero-order chi connectivity index (χ0) is 19.2. The van der Waals surface area contributed by atoms with Gasteiger partial charge in [0.25, 0.3) is 0 Å². The highest BCUT2D eigenvalue weighted by Gasteiger charge is 2.29. The summed E-state index contributed by atoms with van der Waals surface area (Å²) in [6.07, 6.45) is 7.01. The largest absolute Gasteiger partial charge is 0.489 e. The van der Waals surface area contributed by atoms with Crippen LogP contribution in [-0.4, -0.2) is 53.2 Å². The van der Waals surface area contributed by atoms with Gasteiger partial charge in [0.1, 0.15) is 11.9 Å². The topological polar surface area (TPSA) is 54.7 Å². The monoisotopic (exact) mass is 369 g/mol. The van der Waals surface area contributed by atoms with Gasteiger partial charge in [-0.05, 0) is 38.3 Å². The maximum absolute atomic E-state index is 6.00. The summed E-state index contributed by atoms with van der Waals surface area (Å²) in [7, 11) is 1.85. The van der Waals surface area contributed by atoms with Crippen LogP contribution in [0.3, 0.4) is 0 Å². The summed E-state index contributed by atoms with van der Waals surface area (Å²) in [5.41, 5.74) is 1.24. The molecule has 0 aliphatic carbocycles. The fourth-order valence-electron chi connectivity index (χ4n) is 3.55. The number of guanidine groups is 1. The van der Waals surface area contributed by atoms with E-state index in [4.69, 9.17) is 4.74 Å². The first-order valence-corrected chi connectivity index (χ1v) is 9.73. The first kappa shape index (κ1) is 19.3. The molecule has 2 aromatic rings. The third-order valence-electron chi connectivity index (χ3n) is 5.24. The van der Waals surface area contributed by atoms with Crippen molar-refractivity contribution < 1.29 is 4.74 Å². The molecule has 1 saturated heterocycles. The molecule has 146 valence electrons. The SMILES string of the molecule is CN=C(NCC(C)Oc1ccc(C)cc1)N1CCC(C)C(n2ccnc2)C1. The average Bonchev–Trinajstić information content (AvgIpc) is 3.20. The van der Waals surface area contributed by atoms with Crippen LogP contribution in [0.1, 0.15) is 31.9 Å². The molecular formula is C21H31N5O. The number of aryl methyl sites for hydroxylation is 1. The molecular weight excluding hydrogens is 338 g/mol. The van der Waals surface area contributed by atoms with Crippen molar-refractivity contribution in [3.8, 4) is 5.75 Å². The van der Waals surface area contributed by atoms with E-state index in [0.717, 1.165) is 31.2 Å². The van der Waals surface area contributed by atoms with Crippen molar-refractivity contribution in [1.82, 2.24) is 19.8 Å². The van der Waals surface area contributed by atoms with Crippen LogP contribution in [0.25, 0.3) is 0 Å². The number of nitrogens with zero attached hydrogens (tertiary/aromatic N) is 4. The molecule has 1 aliphatic rings. The first-order valence-electron chi connectivity index (χ1n) is 9.73. The zero-order valence-electron chi connectivity index (χ0n) is 16.8. The Bertz CT molecular complexity index is 726. The minimum atomic E-state index is 0.0533. The predicted molar refractivity (Wildman–Crippen MR) is 109 cm³/mol. The lowest BCUT2D eigenvalue weighted by atomic mass is 9.93. The number of imidazole rings is 1. The molecule has 0 spiro atoms. The number of hydrogen-bond donors (Lipinski definition) is 1. The van der Waals surface area contributed by atoms with Crippen LogP contribution >= 0.6 is 0 Å². The number of aliphatic imine (C=N–C) groups is 1. The van der Waals surface area contributed by atoms with Crippen molar-refractivity contribution in [1.29, 1.82) is 0 Å². The molecule has 0 bridgehead atoms. The second kappa shape index (κ2) is 8.93. The van der Waals surface area contributed by atoms with Crippen LogP contribution in [0.15, 0.2) is 48.0 Å². The Balaban J connectivity index is 1.54. The van der Waals surface area contributed by atoms with Crippen LogP contribution in [0.2, 0.25) is 0 Å². The summed E-state index contributed by atoms with van der Waals surface area (Å²) < 4.78 is 8.22. The van der Waals surface area contributed by atoms with E-state index < -0.39 is 0 Å². The van der Waals surface area contributed by atoms with E-state index in [1.165, 1.54) is 5.56 Å². The summed E-state index contributed by atoms with van der Waals surface area (Å²) >= 11 is 0. The van der Waals surface area contributed by atoms with Gasteiger partial charge in [-0.25, -0.2) is 4.98 Å². The zero-order valence-corrected chi connectivity index (χ0v) is 16.8. The maximum atomic E-state index is 6.00. The lowest BCUT2D eigenvalue weighted by Crippen LogP contribution is -2.50. The van der Waals surface area contributed by atoms with Crippen LogP contribution in [0, 0.1) is 12.8 Å². The highest BCUT2D eigenvalue weighted by Crippen LogP contribution is 2.27. The minimum Gasteiger partial charge on any atom is -0.489 e. The van der Waals surface area contributed by atoms with Gasteiger partial charge >= 0.3 is 0 Å². The number of benzene rings is 1. The number of nitrogens with one attached hydrogen (secondary N) is 1. The van der Waals surface area contributed by atoms with Crippen molar-refractivity contribution >= 4 is 5.96 Å². The second-order valence-corrected chi connectivity index (χ2v) is 7.46.